The molecule has 0 spiro atoms. The van der Waals surface area contributed by atoms with Crippen LogP contribution in [0, 0.1) is 0 Å². The number of urea groups is 1. The number of hydrogen-bond donors (Lipinski definition) is 1. The Bertz CT molecular complexity index is 865. The molecule has 3 aromatic rings. The van der Waals surface area contributed by atoms with Crippen molar-refractivity contribution in [1.82, 2.24) is 10.2 Å². The number of hydrogen-bond acceptors (Lipinski definition) is 3. The first-order valence-electron chi connectivity index (χ1n) is 9.36. The van der Waals surface area contributed by atoms with E-state index in [2.05, 4.69) is 5.32 Å². The lowest BCUT2D eigenvalue weighted by atomic mass is 10.0. The fourth-order valence-corrected chi connectivity index (χ4v) is 3.62. The first-order chi connectivity index (χ1) is 13.2. The van der Waals surface area contributed by atoms with Gasteiger partial charge in [0.15, 0.2) is 0 Å². The molecule has 0 unspecified atom stereocenters. The van der Waals surface area contributed by atoms with Gasteiger partial charge in [-0.1, -0.05) is 48.5 Å². The zero-order valence-corrected chi connectivity index (χ0v) is 15.4. The van der Waals surface area contributed by atoms with Gasteiger partial charge in [-0.25, -0.2) is 4.79 Å². The summed E-state index contributed by atoms with van der Waals surface area (Å²) in [6.45, 7) is 1.40. The second kappa shape index (κ2) is 7.84. The highest BCUT2D eigenvalue weighted by Gasteiger charge is 2.26. The van der Waals surface area contributed by atoms with Gasteiger partial charge in [-0.3, -0.25) is 0 Å². The molecule has 140 valence electrons. The Kier molecular flexibility index (Phi) is 5.12. The molecule has 0 bridgehead atoms. The third kappa shape index (κ3) is 3.83. The van der Waals surface area contributed by atoms with Crippen LogP contribution in [0.25, 0.3) is 11.0 Å². The number of carbonyl (C=O) groups excluding carboxylic acids is 1. The molecule has 4 rings (SSSR count). The summed E-state index contributed by atoms with van der Waals surface area (Å²) < 4.78 is 11.5. The number of amides is 2. The molecule has 1 atom stereocenters. The van der Waals surface area contributed by atoms with Crippen LogP contribution in [0.3, 0.4) is 0 Å². The average molecular weight is 364 g/mol. The summed E-state index contributed by atoms with van der Waals surface area (Å²) in [6, 6.07) is 19.4. The normalized spacial score (nSPS) is 16.4. The van der Waals surface area contributed by atoms with Crippen molar-refractivity contribution < 1.29 is 13.9 Å². The van der Waals surface area contributed by atoms with E-state index in [9.17, 15) is 4.79 Å². The summed E-state index contributed by atoms with van der Waals surface area (Å²) in [5.74, 6) is 0.738. The number of carbonyl (C=O) groups is 1. The van der Waals surface area contributed by atoms with Crippen LogP contribution < -0.4 is 5.32 Å². The van der Waals surface area contributed by atoms with Gasteiger partial charge in [0.25, 0.3) is 0 Å². The number of nitrogens with zero attached hydrogens (tertiary/aromatic N) is 1. The van der Waals surface area contributed by atoms with E-state index >= 15 is 0 Å². The Morgan fingerprint density at radius 1 is 1.11 bits per heavy atom. The minimum atomic E-state index is -0.328. The Balaban J connectivity index is 1.58. The number of para-hydroxylation sites is 1. The quantitative estimate of drug-likeness (QED) is 0.749. The molecule has 1 N–H and O–H groups in total. The first kappa shape index (κ1) is 17.6. The van der Waals surface area contributed by atoms with Gasteiger partial charge in [0, 0.05) is 25.6 Å². The van der Waals surface area contributed by atoms with Crippen LogP contribution >= 0.6 is 0 Å². The highest BCUT2D eigenvalue weighted by atomic mass is 16.5. The zero-order chi connectivity index (χ0) is 18.6. The van der Waals surface area contributed by atoms with Crippen molar-refractivity contribution in [1.29, 1.82) is 0 Å². The van der Waals surface area contributed by atoms with Gasteiger partial charge in [0.05, 0.1) is 6.10 Å². The molecule has 0 radical (unpaired) electrons. The molecular formula is C22H24N2O3. The Morgan fingerprint density at radius 2 is 1.81 bits per heavy atom. The van der Waals surface area contributed by atoms with E-state index in [-0.39, 0.29) is 18.2 Å². The Labute approximate surface area is 158 Å². The number of furan rings is 1. The molecule has 1 aromatic heterocycles. The third-order valence-electron chi connectivity index (χ3n) is 5.19. The van der Waals surface area contributed by atoms with Crippen LogP contribution in [-0.2, 0) is 4.74 Å². The number of fused-ring (bicyclic) bond motifs is 1. The van der Waals surface area contributed by atoms with E-state index in [1.165, 1.54) is 0 Å². The van der Waals surface area contributed by atoms with Gasteiger partial charge in [0.2, 0.25) is 0 Å². The van der Waals surface area contributed by atoms with E-state index < -0.39 is 0 Å². The van der Waals surface area contributed by atoms with E-state index in [0.29, 0.717) is 13.1 Å². The number of benzene rings is 2. The maximum atomic E-state index is 12.9. The summed E-state index contributed by atoms with van der Waals surface area (Å²) >= 11 is 0. The standard InChI is InChI=1S/C22H24N2O3/c1-26-18-11-13-24(14-12-18)22(25)23-21(16-7-3-2-4-8-16)20-15-17-9-5-6-10-19(17)27-20/h2-10,15,18,21H,11-14H2,1H3,(H,23,25)/t21-/m0/s1. The molecule has 5 nitrogen and oxygen atoms in total. The summed E-state index contributed by atoms with van der Waals surface area (Å²) in [6.07, 6.45) is 1.98. The number of piperidine rings is 1. The van der Waals surface area contributed by atoms with Gasteiger partial charge in [-0.05, 0) is 30.5 Å². The second-order valence-electron chi connectivity index (χ2n) is 6.90. The molecule has 2 aromatic carbocycles. The molecule has 5 heteroatoms. The number of nitrogens with one attached hydrogen (secondary N) is 1. The van der Waals surface area contributed by atoms with Gasteiger partial charge >= 0.3 is 6.03 Å². The lowest BCUT2D eigenvalue weighted by Gasteiger charge is -2.32. The Hall–Kier alpha value is -2.79. The second-order valence-corrected chi connectivity index (χ2v) is 6.90. The van der Waals surface area contributed by atoms with E-state index in [1.807, 2.05) is 65.6 Å². The number of rotatable bonds is 4. The van der Waals surface area contributed by atoms with Crippen molar-refractivity contribution in [3.05, 3.63) is 72.0 Å². The van der Waals surface area contributed by atoms with Crippen LogP contribution in [0.4, 0.5) is 4.79 Å². The average Bonchev–Trinajstić information content (AvgIpc) is 3.16. The monoisotopic (exact) mass is 364 g/mol. The van der Waals surface area contributed by atoms with Crippen molar-refractivity contribution in [2.75, 3.05) is 20.2 Å². The predicted octanol–water partition coefficient (Wildman–Crippen LogP) is 4.34. The van der Waals surface area contributed by atoms with E-state index in [4.69, 9.17) is 9.15 Å². The smallest absolute Gasteiger partial charge is 0.318 e. The Morgan fingerprint density at radius 3 is 2.52 bits per heavy atom. The molecule has 1 fully saturated rings. The SMILES string of the molecule is COC1CCN(C(=O)N[C@@H](c2ccccc2)c2cc3ccccc3o2)CC1. The molecule has 0 saturated carbocycles. The topological polar surface area (TPSA) is 54.7 Å². The van der Waals surface area contributed by atoms with Crippen LogP contribution in [0.15, 0.2) is 65.1 Å². The van der Waals surface area contributed by atoms with Gasteiger partial charge < -0.3 is 19.4 Å². The molecule has 1 aliphatic heterocycles. The van der Waals surface area contributed by atoms with E-state index in [0.717, 1.165) is 35.1 Å². The van der Waals surface area contributed by atoms with Crippen molar-refractivity contribution in [3.63, 3.8) is 0 Å². The van der Waals surface area contributed by atoms with Crippen molar-refractivity contribution in [2.24, 2.45) is 0 Å². The minimum absolute atomic E-state index is 0.0705. The van der Waals surface area contributed by atoms with Crippen molar-refractivity contribution in [2.45, 2.75) is 25.0 Å². The van der Waals surface area contributed by atoms with Crippen LogP contribution in [0.1, 0.15) is 30.2 Å². The predicted molar refractivity (Wildman–Crippen MR) is 105 cm³/mol. The van der Waals surface area contributed by atoms with Crippen LogP contribution in [-0.4, -0.2) is 37.2 Å². The fraction of sp³-hybridized carbons (Fsp3) is 0.318. The maximum Gasteiger partial charge on any atom is 0.318 e. The lowest BCUT2D eigenvalue weighted by Crippen LogP contribution is -2.46. The first-order valence-corrected chi connectivity index (χ1v) is 9.36. The van der Waals surface area contributed by atoms with Crippen molar-refractivity contribution >= 4 is 17.0 Å². The zero-order valence-electron chi connectivity index (χ0n) is 15.4. The summed E-state index contributed by atoms with van der Waals surface area (Å²) in [7, 11) is 1.73. The highest BCUT2D eigenvalue weighted by molar-refractivity contribution is 5.79. The maximum absolute atomic E-state index is 12.9. The molecule has 2 amide bonds. The third-order valence-corrected chi connectivity index (χ3v) is 5.19. The van der Waals surface area contributed by atoms with Gasteiger partial charge in [-0.15, -0.1) is 0 Å². The van der Waals surface area contributed by atoms with E-state index in [1.54, 1.807) is 7.11 Å². The minimum Gasteiger partial charge on any atom is -0.459 e. The molecule has 2 heterocycles. The summed E-state index contributed by atoms with van der Waals surface area (Å²) in [5, 5.41) is 4.20. The number of ether oxygens (including phenoxy) is 1. The summed E-state index contributed by atoms with van der Waals surface area (Å²) in [5.41, 5.74) is 1.82. The fourth-order valence-electron chi connectivity index (χ4n) is 3.62. The highest BCUT2D eigenvalue weighted by Crippen LogP contribution is 2.28. The van der Waals surface area contributed by atoms with Gasteiger partial charge in [-0.2, -0.15) is 0 Å². The van der Waals surface area contributed by atoms with Crippen LogP contribution in [0.5, 0.6) is 0 Å². The molecule has 0 aliphatic carbocycles. The molecular weight excluding hydrogens is 340 g/mol. The molecule has 27 heavy (non-hydrogen) atoms. The molecule has 1 aliphatic rings. The number of likely N-dealkylation sites (tertiary alicyclic amines) is 1. The lowest BCUT2D eigenvalue weighted by molar-refractivity contribution is 0.0500. The largest absolute Gasteiger partial charge is 0.459 e. The summed E-state index contributed by atoms with van der Waals surface area (Å²) in [4.78, 5) is 14.8. The van der Waals surface area contributed by atoms with Crippen molar-refractivity contribution in [3.8, 4) is 0 Å². The number of methoxy groups -OCH3 is 1. The molecule has 1 saturated heterocycles. The van der Waals surface area contributed by atoms with Crippen LogP contribution in [0.2, 0.25) is 0 Å². The van der Waals surface area contributed by atoms with Gasteiger partial charge in [0.1, 0.15) is 17.4 Å².